The number of anilines is 2. The quantitative estimate of drug-likeness (QED) is 0.901. The number of ketones is 1. The Kier molecular flexibility index (Phi) is 4.35. The molecule has 1 aliphatic rings. The molecule has 1 aliphatic heterocycles. The zero-order valence-corrected chi connectivity index (χ0v) is 11.9. The number of rotatable bonds is 4. The second kappa shape index (κ2) is 5.99. The summed E-state index contributed by atoms with van der Waals surface area (Å²) in [4.78, 5) is 22.4. The van der Waals surface area contributed by atoms with Gasteiger partial charge in [-0.1, -0.05) is 6.92 Å². The summed E-state index contributed by atoms with van der Waals surface area (Å²) >= 11 is 0. The maximum Gasteiger partial charge on any atom is 0.152 e. The molecule has 1 N–H and O–H groups in total. The predicted molar refractivity (Wildman–Crippen MR) is 76.6 cm³/mol. The highest BCUT2D eigenvalue weighted by molar-refractivity contribution is 5.84. The molecule has 1 aromatic heterocycles. The highest BCUT2D eigenvalue weighted by Crippen LogP contribution is 2.19. The topological polar surface area (TPSA) is 58.1 Å². The molecule has 0 spiro atoms. The fourth-order valence-corrected chi connectivity index (χ4v) is 2.18. The van der Waals surface area contributed by atoms with Crippen molar-refractivity contribution in [1.29, 1.82) is 0 Å². The molecule has 5 heteroatoms. The molecular weight excluding hydrogens is 240 g/mol. The molecule has 1 unspecified atom stereocenters. The molecule has 0 aliphatic carbocycles. The Morgan fingerprint density at radius 2 is 2.26 bits per heavy atom. The van der Waals surface area contributed by atoms with E-state index in [0.717, 1.165) is 36.8 Å². The van der Waals surface area contributed by atoms with Crippen molar-refractivity contribution in [3.8, 4) is 0 Å². The van der Waals surface area contributed by atoms with E-state index in [4.69, 9.17) is 0 Å². The second-order valence-corrected chi connectivity index (χ2v) is 5.18. The Bertz CT molecular complexity index is 461. The van der Waals surface area contributed by atoms with Crippen LogP contribution in [0.4, 0.5) is 11.6 Å². The van der Waals surface area contributed by atoms with E-state index in [1.165, 1.54) is 0 Å². The molecular formula is C14H22N4O. The number of aromatic nitrogens is 2. The van der Waals surface area contributed by atoms with Gasteiger partial charge in [0.05, 0.1) is 6.54 Å². The largest absolute Gasteiger partial charge is 0.367 e. The van der Waals surface area contributed by atoms with Gasteiger partial charge in [0.25, 0.3) is 0 Å². The predicted octanol–water partition coefficient (Wildman–Crippen LogP) is 2.16. The Hall–Kier alpha value is -1.65. The number of nitrogens with one attached hydrogen (secondary N) is 1. The number of aryl methyl sites for hydroxylation is 1. The maximum atomic E-state index is 11.5. The SMILES string of the molecule is CCC(C)Nc1cc(N2CCCC(=O)C2)nc(C)n1. The van der Waals surface area contributed by atoms with Crippen molar-refractivity contribution in [2.24, 2.45) is 0 Å². The van der Waals surface area contributed by atoms with Gasteiger partial charge >= 0.3 is 0 Å². The van der Waals surface area contributed by atoms with Gasteiger partial charge in [-0.2, -0.15) is 0 Å². The fraction of sp³-hybridized carbons (Fsp3) is 0.643. The lowest BCUT2D eigenvalue weighted by atomic mass is 10.1. The third kappa shape index (κ3) is 3.66. The Balaban J connectivity index is 2.18. The highest BCUT2D eigenvalue weighted by Gasteiger charge is 2.19. The van der Waals surface area contributed by atoms with Crippen molar-refractivity contribution in [3.05, 3.63) is 11.9 Å². The molecule has 0 bridgehead atoms. The van der Waals surface area contributed by atoms with E-state index in [1.807, 2.05) is 17.9 Å². The molecule has 2 heterocycles. The molecule has 2 rings (SSSR count). The first-order valence-corrected chi connectivity index (χ1v) is 6.97. The zero-order valence-electron chi connectivity index (χ0n) is 11.9. The molecule has 0 aromatic carbocycles. The number of Topliss-reactive ketones (excluding diaryl/α,β-unsaturated/α-hetero) is 1. The molecule has 1 atom stereocenters. The lowest BCUT2D eigenvalue weighted by Gasteiger charge is -2.27. The number of nitrogens with zero attached hydrogens (tertiary/aromatic N) is 3. The van der Waals surface area contributed by atoms with Gasteiger partial charge in [-0.3, -0.25) is 4.79 Å². The molecule has 1 aromatic rings. The molecule has 0 radical (unpaired) electrons. The first-order chi connectivity index (χ1) is 9.08. The van der Waals surface area contributed by atoms with Crippen molar-refractivity contribution in [1.82, 2.24) is 9.97 Å². The number of carbonyl (C=O) groups is 1. The van der Waals surface area contributed by atoms with Gasteiger partial charge in [0.1, 0.15) is 17.5 Å². The first kappa shape index (κ1) is 13.8. The van der Waals surface area contributed by atoms with Crippen molar-refractivity contribution in [3.63, 3.8) is 0 Å². The third-order valence-corrected chi connectivity index (χ3v) is 3.41. The molecule has 0 amide bonds. The summed E-state index contributed by atoms with van der Waals surface area (Å²) in [6.07, 6.45) is 2.65. The normalized spacial score (nSPS) is 17.4. The van der Waals surface area contributed by atoms with Crippen LogP contribution in [0.5, 0.6) is 0 Å². The summed E-state index contributed by atoms with van der Waals surface area (Å²) in [5.41, 5.74) is 0. The Morgan fingerprint density at radius 1 is 1.47 bits per heavy atom. The van der Waals surface area contributed by atoms with Crippen LogP contribution >= 0.6 is 0 Å². The van der Waals surface area contributed by atoms with E-state index < -0.39 is 0 Å². The van der Waals surface area contributed by atoms with E-state index in [2.05, 4.69) is 29.1 Å². The van der Waals surface area contributed by atoms with Crippen LogP contribution < -0.4 is 10.2 Å². The highest BCUT2D eigenvalue weighted by atomic mass is 16.1. The van der Waals surface area contributed by atoms with Crippen molar-refractivity contribution >= 4 is 17.4 Å². The molecule has 1 saturated heterocycles. The van der Waals surface area contributed by atoms with Crippen LogP contribution in [-0.2, 0) is 4.79 Å². The van der Waals surface area contributed by atoms with Crippen LogP contribution in [0.15, 0.2) is 6.07 Å². The van der Waals surface area contributed by atoms with E-state index in [-0.39, 0.29) is 0 Å². The van der Waals surface area contributed by atoms with Crippen molar-refractivity contribution < 1.29 is 4.79 Å². The van der Waals surface area contributed by atoms with E-state index in [9.17, 15) is 4.79 Å². The summed E-state index contributed by atoms with van der Waals surface area (Å²) < 4.78 is 0. The average Bonchev–Trinajstić information content (AvgIpc) is 2.38. The van der Waals surface area contributed by atoms with Gasteiger partial charge in [0, 0.05) is 25.1 Å². The molecule has 19 heavy (non-hydrogen) atoms. The first-order valence-electron chi connectivity index (χ1n) is 6.97. The van der Waals surface area contributed by atoms with Crippen LogP contribution in [0.2, 0.25) is 0 Å². The minimum atomic E-state index is 0.291. The lowest BCUT2D eigenvalue weighted by Crippen LogP contribution is -2.36. The smallest absolute Gasteiger partial charge is 0.152 e. The van der Waals surface area contributed by atoms with Crippen molar-refractivity contribution in [2.45, 2.75) is 46.1 Å². The molecule has 5 nitrogen and oxygen atoms in total. The monoisotopic (exact) mass is 262 g/mol. The Labute approximate surface area is 114 Å². The van der Waals surface area contributed by atoms with Crippen LogP contribution in [-0.4, -0.2) is 34.9 Å². The number of hydrogen-bond donors (Lipinski definition) is 1. The summed E-state index contributed by atoms with van der Waals surface area (Å²) in [6.45, 7) is 7.51. The number of hydrogen-bond acceptors (Lipinski definition) is 5. The summed E-state index contributed by atoms with van der Waals surface area (Å²) in [5, 5.41) is 3.36. The molecule has 0 saturated carbocycles. The van der Waals surface area contributed by atoms with Gasteiger partial charge in [0.2, 0.25) is 0 Å². The maximum absolute atomic E-state index is 11.5. The third-order valence-electron chi connectivity index (χ3n) is 3.41. The number of carbonyl (C=O) groups excluding carboxylic acids is 1. The minimum absolute atomic E-state index is 0.291. The lowest BCUT2D eigenvalue weighted by molar-refractivity contribution is -0.118. The van der Waals surface area contributed by atoms with Crippen LogP contribution in [0.25, 0.3) is 0 Å². The molecule has 1 fully saturated rings. The minimum Gasteiger partial charge on any atom is -0.367 e. The van der Waals surface area contributed by atoms with Gasteiger partial charge in [-0.05, 0) is 26.7 Å². The zero-order chi connectivity index (χ0) is 13.8. The number of piperidine rings is 1. The van der Waals surface area contributed by atoms with Gasteiger partial charge in [0.15, 0.2) is 5.78 Å². The summed E-state index contributed by atoms with van der Waals surface area (Å²) in [7, 11) is 0. The van der Waals surface area contributed by atoms with E-state index in [1.54, 1.807) is 0 Å². The fourth-order valence-electron chi connectivity index (χ4n) is 2.18. The second-order valence-electron chi connectivity index (χ2n) is 5.18. The van der Waals surface area contributed by atoms with E-state index in [0.29, 0.717) is 24.8 Å². The molecule has 104 valence electrons. The summed E-state index contributed by atoms with van der Waals surface area (Å²) in [5.74, 6) is 2.72. The van der Waals surface area contributed by atoms with Crippen molar-refractivity contribution in [2.75, 3.05) is 23.3 Å². The average molecular weight is 262 g/mol. The summed E-state index contributed by atoms with van der Waals surface area (Å²) in [6, 6.07) is 2.32. The van der Waals surface area contributed by atoms with Crippen LogP contribution in [0, 0.1) is 6.92 Å². The van der Waals surface area contributed by atoms with Gasteiger partial charge in [-0.25, -0.2) is 9.97 Å². The van der Waals surface area contributed by atoms with Gasteiger partial charge < -0.3 is 10.2 Å². The standard InChI is InChI=1S/C14H22N4O/c1-4-10(2)15-13-8-14(17-11(3)16-13)18-7-5-6-12(19)9-18/h8,10H,4-7,9H2,1-3H3,(H,15,16,17). The van der Waals surface area contributed by atoms with Crippen LogP contribution in [0.1, 0.15) is 38.9 Å². The van der Waals surface area contributed by atoms with E-state index >= 15 is 0 Å². The Morgan fingerprint density at radius 3 is 2.95 bits per heavy atom. The van der Waals surface area contributed by atoms with Gasteiger partial charge in [-0.15, -0.1) is 0 Å². The van der Waals surface area contributed by atoms with Crippen LogP contribution in [0.3, 0.4) is 0 Å².